The van der Waals surface area contributed by atoms with Crippen molar-refractivity contribution >= 4 is 23.9 Å². The highest BCUT2D eigenvalue weighted by molar-refractivity contribution is 7.33. The van der Waals surface area contributed by atoms with Gasteiger partial charge in [0.25, 0.3) is 0 Å². The van der Waals surface area contributed by atoms with E-state index in [2.05, 4.69) is 0 Å². The Balaban J connectivity index is 1.75. The van der Waals surface area contributed by atoms with Crippen molar-refractivity contribution in [1.29, 1.82) is 0 Å². The summed E-state index contributed by atoms with van der Waals surface area (Å²) in [6.07, 6.45) is 2.12. The third kappa shape index (κ3) is 4.81. The lowest BCUT2D eigenvalue weighted by Crippen LogP contribution is -2.28. The Kier molecular flexibility index (Phi) is 6.78. The second kappa shape index (κ2) is 8.14. The zero-order chi connectivity index (χ0) is 15.4. The predicted molar refractivity (Wildman–Crippen MR) is 84.6 cm³/mol. The van der Waals surface area contributed by atoms with Crippen LogP contribution < -0.4 is 0 Å². The molecule has 120 valence electrons. The van der Waals surface area contributed by atoms with E-state index in [9.17, 15) is 4.57 Å². The first-order chi connectivity index (χ1) is 10.0. The Bertz CT molecular complexity index is 361. The predicted octanol–water partition coefficient (Wildman–Crippen LogP) is -0.301. The molecular formula is C12H25B2O6P. The second-order valence-electron chi connectivity index (χ2n) is 5.84. The summed E-state index contributed by atoms with van der Waals surface area (Å²) in [5.74, 6) is 0. The molecule has 1 unspecified atom stereocenters. The van der Waals surface area contributed by atoms with E-state index in [1.807, 2.05) is 22.6 Å². The first-order valence-corrected chi connectivity index (χ1v) is 8.93. The number of rotatable bonds is 7. The van der Waals surface area contributed by atoms with Gasteiger partial charge in [0, 0.05) is 19.1 Å². The molecule has 2 rings (SSSR count). The Morgan fingerprint density at radius 1 is 1.14 bits per heavy atom. The summed E-state index contributed by atoms with van der Waals surface area (Å²) in [4.78, 5) is 0. The Hall–Kier alpha value is 0.160. The van der Waals surface area contributed by atoms with E-state index in [0.717, 1.165) is 19.3 Å². The van der Waals surface area contributed by atoms with Gasteiger partial charge in [-0.25, -0.2) is 0 Å². The van der Waals surface area contributed by atoms with E-state index in [0.29, 0.717) is 0 Å². The summed E-state index contributed by atoms with van der Waals surface area (Å²) >= 11 is 0. The van der Waals surface area contributed by atoms with Crippen LogP contribution in [0.15, 0.2) is 0 Å². The van der Waals surface area contributed by atoms with Gasteiger partial charge in [-0.2, -0.15) is 0 Å². The molecule has 0 aliphatic carbocycles. The lowest BCUT2D eigenvalue weighted by Gasteiger charge is -2.19. The van der Waals surface area contributed by atoms with Crippen molar-refractivity contribution in [3.63, 3.8) is 0 Å². The fourth-order valence-electron chi connectivity index (χ4n) is 3.03. The first kappa shape index (κ1) is 17.5. The lowest BCUT2D eigenvalue weighted by molar-refractivity contribution is -0.0193. The van der Waals surface area contributed by atoms with E-state index in [4.69, 9.17) is 23.3 Å². The molecule has 0 radical (unpaired) electrons. The van der Waals surface area contributed by atoms with Gasteiger partial charge in [-0.15, -0.1) is 0 Å². The quantitative estimate of drug-likeness (QED) is 0.474. The summed E-state index contributed by atoms with van der Waals surface area (Å²) in [5, 5.41) is 0. The molecule has 2 heterocycles. The van der Waals surface area contributed by atoms with Gasteiger partial charge < -0.3 is 23.3 Å². The minimum atomic E-state index is -2.54. The molecule has 2 fully saturated rings. The molecule has 21 heavy (non-hydrogen) atoms. The molecule has 0 saturated carbocycles. The molecule has 0 spiro atoms. The van der Waals surface area contributed by atoms with Crippen molar-refractivity contribution in [2.45, 2.75) is 62.6 Å². The fraction of sp³-hybridized carbons (Fsp3) is 1.00. The van der Waals surface area contributed by atoms with Gasteiger partial charge >= 0.3 is 8.25 Å². The Labute approximate surface area is 128 Å². The van der Waals surface area contributed by atoms with Crippen LogP contribution in [0.1, 0.15) is 26.2 Å². The van der Waals surface area contributed by atoms with Crippen LogP contribution in [-0.2, 0) is 27.8 Å². The van der Waals surface area contributed by atoms with Crippen LogP contribution in [0, 0.1) is 0 Å². The van der Waals surface area contributed by atoms with Crippen LogP contribution in [0.25, 0.3) is 0 Å². The smallest absolute Gasteiger partial charge is 0.319 e. The molecule has 9 heteroatoms. The average molecular weight is 318 g/mol. The maximum absolute atomic E-state index is 12.0. The van der Waals surface area contributed by atoms with Crippen molar-refractivity contribution in [1.82, 2.24) is 0 Å². The van der Waals surface area contributed by atoms with Crippen LogP contribution in [-0.4, -0.2) is 65.8 Å². The van der Waals surface area contributed by atoms with Gasteiger partial charge in [0.2, 0.25) is 0 Å². The SMILES string of the molecule is B[C@H]1C[C@@H](OC)[C@@H](CO[PH](=O)O[C@@H]2C[C@H](B)O[C@@H]2CC)O1. The highest BCUT2D eigenvalue weighted by atomic mass is 31.1. The van der Waals surface area contributed by atoms with E-state index in [1.54, 1.807) is 7.11 Å². The zero-order valence-electron chi connectivity index (χ0n) is 13.2. The van der Waals surface area contributed by atoms with Gasteiger partial charge in [-0.05, 0) is 19.3 Å². The molecule has 0 bridgehead atoms. The van der Waals surface area contributed by atoms with E-state index in [-0.39, 0.29) is 43.0 Å². The van der Waals surface area contributed by atoms with E-state index in [1.165, 1.54) is 0 Å². The fourth-order valence-corrected chi connectivity index (χ4v) is 3.89. The van der Waals surface area contributed by atoms with Gasteiger partial charge in [-0.1, -0.05) is 6.92 Å². The molecule has 2 aliphatic rings. The Morgan fingerprint density at radius 3 is 2.38 bits per heavy atom. The van der Waals surface area contributed by atoms with Crippen molar-refractivity contribution in [3.05, 3.63) is 0 Å². The summed E-state index contributed by atoms with van der Waals surface area (Å²) in [6, 6.07) is 0.284. The van der Waals surface area contributed by atoms with Gasteiger partial charge in [-0.3, -0.25) is 4.57 Å². The largest absolute Gasteiger partial charge is 0.381 e. The molecule has 2 saturated heterocycles. The standard InChI is InChI=1S/C12H25B2O6P/c1-3-7-9(5-12(14)18-7)20-21(15)17-6-10-8(16-2)4-11(13)19-10/h7-12,21H,3-6,13-14H2,1-2H3/t7-,8-,9-,10-,11-,12-/m1/s1. The third-order valence-electron chi connectivity index (χ3n) is 4.09. The topological polar surface area (TPSA) is 63.2 Å². The van der Waals surface area contributed by atoms with Gasteiger partial charge in [0.15, 0.2) is 0 Å². The molecule has 6 nitrogen and oxygen atoms in total. The number of ether oxygens (including phenoxy) is 3. The summed E-state index contributed by atoms with van der Waals surface area (Å²) in [5.41, 5.74) is 0. The average Bonchev–Trinajstić information content (AvgIpc) is 2.98. The minimum absolute atomic E-state index is 0.00646. The summed E-state index contributed by atoms with van der Waals surface area (Å²) in [6.45, 7) is 2.27. The maximum Gasteiger partial charge on any atom is 0.319 e. The monoisotopic (exact) mass is 318 g/mol. The number of methoxy groups -OCH3 is 1. The third-order valence-corrected chi connectivity index (χ3v) is 4.99. The molecular weight excluding hydrogens is 293 g/mol. The normalized spacial score (nSPS) is 41.4. The van der Waals surface area contributed by atoms with E-state index >= 15 is 0 Å². The summed E-state index contributed by atoms with van der Waals surface area (Å²) in [7, 11) is 3.11. The molecule has 0 aromatic heterocycles. The van der Waals surface area contributed by atoms with Crippen LogP contribution in [0.4, 0.5) is 0 Å². The lowest BCUT2D eigenvalue weighted by atomic mass is 9.96. The van der Waals surface area contributed by atoms with Crippen molar-refractivity contribution in [2.24, 2.45) is 0 Å². The van der Waals surface area contributed by atoms with Crippen LogP contribution in [0.3, 0.4) is 0 Å². The highest BCUT2D eigenvalue weighted by Gasteiger charge is 2.35. The molecule has 2 aliphatic heterocycles. The van der Waals surface area contributed by atoms with Crippen LogP contribution in [0.2, 0.25) is 0 Å². The molecule has 0 N–H and O–H groups in total. The number of hydrogen-bond acceptors (Lipinski definition) is 6. The van der Waals surface area contributed by atoms with Crippen molar-refractivity contribution in [3.8, 4) is 0 Å². The minimum Gasteiger partial charge on any atom is -0.381 e. The van der Waals surface area contributed by atoms with Gasteiger partial charge in [0.05, 0.1) is 24.9 Å². The van der Waals surface area contributed by atoms with Crippen molar-refractivity contribution in [2.75, 3.05) is 13.7 Å². The van der Waals surface area contributed by atoms with Crippen molar-refractivity contribution < 1.29 is 27.8 Å². The van der Waals surface area contributed by atoms with E-state index < -0.39 is 8.25 Å². The summed E-state index contributed by atoms with van der Waals surface area (Å²) < 4.78 is 39.6. The number of hydrogen-bond donors (Lipinski definition) is 0. The molecule has 7 atom stereocenters. The Morgan fingerprint density at radius 2 is 1.76 bits per heavy atom. The second-order valence-corrected chi connectivity index (χ2v) is 6.87. The molecule has 0 aromatic rings. The van der Waals surface area contributed by atoms with Crippen LogP contribution in [0.5, 0.6) is 0 Å². The maximum atomic E-state index is 12.0. The van der Waals surface area contributed by atoms with Crippen LogP contribution >= 0.6 is 8.25 Å². The first-order valence-electron chi connectivity index (χ1n) is 7.70. The van der Waals surface area contributed by atoms with Gasteiger partial charge in [0.1, 0.15) is 21.8 Å². The molecule has 0 aromatic carbocycles. The highest BCUT2D eigenvalue weighted by Crippen LogP contribution is 2.35. The molecule has 0 amide bonds. The zero-order valence-corrected chi connectivity index (χ0v) is 14.2.